The molecular weight excluding hydrogens is 210 g/mol. The van der Waals surface area contributed by atoms with Gasteiger partial charge in [0.25, 0.3) is 0 Å². The largest absolute Gasteiger partial charge is 0.508 e. The number of hydrogen-bond donors (Lipinski definition) is 1. The second-order valence-corrected chi connectivity index (χ2v) is 4.97. The van der Waals surface area contributed by atoms with Crippen LogP contribution in [0.1, 0.15) is 50.6 Å². The van der Waals surface area contributed by atoms with Crippen molar-refractivity contribution in [2.24, 2.45) is 0 Å². The summed E-state index contributed by atoms with van der Waals surface area (Å²) in [6.45, 7) is 4.70. The number of likely N-dealkylation sites (tertiary alicyclic amines) is 1. The van der Waals surface area contributed by atoms with Crippen LogP contribution in [0.2, 0.25) is 0 Å². The highest BCUT2D eigenvalue weighted by molar-refractivity contribution is 5.28. The van der Waals surface area contributed by atoms with Crippen LogP contribution in [0, 0.1) is 0 Å². The van der Waals surface area contributed by atoms with Crippen molar-refractivity contribution in [3.63, 3.8) is 0 Å². The van der Waals surface area contributed by atoms with Crippen LogP contribution in [0.25, 0.3) is 0 Å². The van der Waals surface area contributed by atoms with E-state index in [1.165, 1.54) is 44.3 Å². The number of hydrogen-bond acceptors (Lipinski definition) is 2. The Morgan fingerprint density at radius 3 is 2.18 bits per heavy atom. The van der Waals surface area contributed by atoms with Crippen LogP contribution >= 0.6 is 0 Å². The van der Waals surface area contributed by atoms with Crippen LogP contribution < -0.4 is 0 Å². The van der Waals surface area contributed by atoms with E-state index in [-0.39, 0.29) is 0 Å². The summed E-state index contributed by atoms with van der Waals surface area (Å²) in [6, 6.07) is 8.25. The third kappa shape index (κ3) is 3.22. The zero-order valence-electron chi connectivity index (χ0n) is 10.7. The van der Waals surface area contributed by atoms with Gasteiger partial charge in [-0.15, -0.1) is 0 Å². The highest BCUT2D eigenvalue weighted by Crippen LogP contribution is 2.27. The van der Waals surface area contributed by atoms with Gasteiger partial charge in [-0.05, 0) is 50.0 Å². The van der Waals surface area contributed by atoms with Gasteiger partial charge in [0.05, 0.1) is 0 Å². The molecule has 0 radical (unpaired) electrons. The fourth-order valence-corrected chi connectivity index (χ4v) is 2.81. The Labute approximate surface area is 104 Å². The molecule has 2 rings (SSSR count). The summed E-state index contributed by atoms with van der Waals surface area (Å²) < 4.78 is 0. The molecule has 1 aliphatic heterocycles. The lowest BCUT2D eigenvalue weighted by Gasteiger charge is -2.30. The number of phenols is 1. The molecule has 0 spiro atoms. The quantitative estimate of drug-likeness (QED) is 0.860. The molecule has 1 saturated heterocycles. The SMILES string of the molecule is CCC(c1ccc(O)cc1)N1CCCCCC1. The highest BCUT2D eigenvalue weighted by atomic mass is 16.3. The first-order chi connectivity index (χ1) is 8.31. The minimum atomic E-state index is 0.361. The van der Waals surface area contributed by atoms with E-state index in [0.29, 0.717) is 11.8 Å². The smallest absolute Gasteiger partial charge is 0.115 e. The Balaban J connectivity index is 2.11. The Bertz CT molecular complexity index is 325. The number of rotatable bonds is 3. The van der Waals surface area contributed by atoms with Crippen molar-refractivity contribution >= 4 is 0 Å². The van der Waals surface area contributed by atoms with Gasteiger partial charge in [0.1, 0.15) is 5.75 Å². The molecule has 17 heavy (non-hydrogen) atoms. The number of aromatic hydroxyl groups is 1. The predicted molar refractivity (Wildman–Crippen MR) is 71.2 cm³/mol. The normalized spacial score (nSPS) is 19.8. The lowest BCUT2D eigenvalue weighted by atomic mass is 10.0. The number of nitrogens with zero attached hydrogens (tertiary/aromatic N) is 1. The van der Waals surface area contributed by atoms with Crippen molar-refractivity contribution in [3.8, 4) is 5.75 Å². The monoisotopic (exact) mass is 233 g/mol. The van der Waals surface area contributed by atoms with Gasteiger partial charge in [-0.25, -0.2) is 0 Å². The van der Waals surface area contributed by atoms with E-state index < -0.39 is 0 Å². The average molecular weight is 233 g/mol. The summed E-state index contributed by atoms with van der Waals surface area (Å²) in [5, 5.41) is 9.35. The molecule has 1 aromatic carbocycles. The van der Waals surface area contributed by atoms with Crippen molar-refractivity contribution in [1.29, 1.82) is 0 Å². The van der Waals surface area contributed by atoms with Crippen molar-refractivity contribution in [2.45, 2.75) is 45.1 Å². The van der Waals surface area contributed by atoms with Crippen LogP contribution in [0.5, 0.6) is 5.75 Å². The molecule has 1 fully saturated rings. The lowest BCUT2D eigenvalue weighted by molar-refractivity contribution is 0.199. The minimum Gasteiger partial charge on any atom is -0.508 e. The molecule has 2 nitrogen and oxygen atoms in total. The molecule has 1 unspecified atom stereocenters. The van der Waals surface area contributed by atoms with E-state index >= 15 is 0 Å². The molecule has 0 aromatic heterocycles. The Kier molecular flexibility index (Phi) is 4.43. The van der Waals surface area contributed by atoms with Crippen molar-refractivity contribution in [2.75, 3.05) is 13.1 Å². The molecule has 1 aliphatic rings. The fraction of sp³-hybridized carbons (Fsp3) is 0.600. The van der Waals surface area contributed by atoms with Gasteiger partial charge in [0.2, 0.25) is 0 Å². The van der Waals surface area contributed by atoms with Crippen LogP contribution in [-0.2, 0) is 0 Å². The second kappa shape index (κ2) is 6.06. The predicted octanol–water partition coefficient (Wildman–Crippen LogP) is 3.72. The summed E-state index contributed by atoms with van der Waals surface area (Å²) >= 11 is 0. The van der Waals surface area contributed by atoms with Gasteiger partial charge < -0.3 is 5.11 Å². The zero-order valence-corrected chi connectivity index (χ0v) is 10.7. The molecule has 1 atom stereocenters. The van der Waals surface area contributed by atoms with Gasteiger partial charge >= 0.3 is 0 Å². The first-order valence-electron chi connectivity index (χ1n) is 6.84. The fourth-order valence-electron chi connectivity index (χ4n) is 2.81. The maximum atomic E-state index is 9.35. The van der Waals surface area contributed by atoms with E-state index in [1.54, 1.807) is 12.1 Å². The van der Waals surface area contributed by atoms with E-state index in [2.05, 4.69) is 24.0 Å². The molecule has 0 saturated carbocycles. The van der Waals surface area contributed by atoms with Crippen molar-refractivity contribution in [1.82, 2.24) is 4.90 Å². The van der Waals surface area contributed by atoms with Crippen LogP contribution in [0.3, 0.4) is 0 Å². The molecule has 0 bridgehead atoms. The van der Waals surface area contributed by atoms with E-state index in [4.69, 9.17) is 0 Å². The van der Waals surface area contributed by atoms with Crippen LogP contribution in [0.4, 0.5) is 0 Å². The third-order valence-corrected chi connectivity index (χ3v) is 3.75. The van der Waals surface area contributed by atoms with Gasteiger partial charge in [-0.1, -0.05) is 31.9 Å². The summed E-state index contributed by atoms with van der Waals surface area (Å²) in [6.07, 6.45) is 6.55. The van der Waals surface area contributed by atoms with Crippen molar-refractivity contribution in [3.05, 3.63) is 29.8 Å². The topological polar surface area (TPSA) is 23.5 Å². The standard InChI is InChI=1S/C15H23NO/c1-2-15(13-7-9-14(17)10-8-13)16-11-5-3-4-6-12-16/h7-10,15,17H,2-6,11-12H2,1H3. The molecule has 1 heterocycles. The highest BCUT2D eigenvalue weighted by Gasteiger charge is 2.19. The second-order valence-electron chi connectivity index (χ2n) is 4.97. The Morgan fingerprint density at radius 1 is 1.06 bits per heavy atom. The maximum Gasteiger partial charge on any atom is 0.115 e. The minimum absolute atomic E-state index is 0.361. The van der Waals surface area contributed by atoms with E-state index in [0.717, 1.165) is 6.42 Å². The Hall–Kier alpha value is -1.02. The molecule has 1 N–H and O–H groups in total. The lowest BCUT2D eigenvalue weighted by Crippen LogP contribution is -2.29. The summed E-state index contributed by atoms with van der Waals surface area (Å²) in [7, 11) is 0. The van der Waals surface area contributed by atoms with E-state index in [1.807, 2.05) is 0 Å². The molecule has 2 heteroatoms. The van der Waals surface area contributed by atoms with E-state index in [9.17, 15) is 5.11 Å². The summed E-state index contributed by atoms with van der Waals surface area (Å²) in [5.41, 5.74) is 1.34. The summed E-state index contributed by atoms with van der Waals surface area (Å²) in [4.78, 5) is 2.61. The first-order valence-corrected chi connectivity index (χ1v) is 6.84. The number of phenolic OH excluding ortho intramolecular Hbond substituents is 1. The third-order valence-electron chi connectivity index (χ3n) is 3.75. The molecular formula is C15H23NO. The zero-order chi connectivity index (χ0) is 12.1. The summed E-state index contributed by atoms with van der Waals surface area (Å²) in [5.74, 6) is 0.361. The molecule has 94 valence electrons. The Morgan fingerprint density at radius 2 is 1.65 bits per heavy atom. The van der Waals surface area contributed by atoms with Gasteiger partial charge in [-0.2, -0.15) is 0 Å². The molecule has 1 aromatic rings. The average Bonchev–Trinajstić information content (AvgIpc) is 2.62. The molecule has 0 aliphatic carbocycles. The van der Waals surface area contributed by atoms with Crippen LogP contribution in [-0.4, -0.2) is 23.1 Å². The maximum absolute atomic E-state index is 9.35. The van der Waals surface area contributed by atoms with Gasteiger partial charge in [0.15, 0.2) is 0 Å². The van der Waals surface area contributed by atoms with Crippen molar-refractivity contribution < 1.29 is 5.11 Å². The van der Waals surface area contributed by atoms with Gasteiger partial charge in [0, 0.05) is 6.04 Å². The van der Waals surface area contributed by atoms with Crippen LogP contribution in [0.15, 0.2) is 24.3 Å². The molecule has 0 amide bonds. The first kappa shape index (κ1) is 12.4. The van der Waals surface area contributed by atoms with Gasteiger partial charge in [-0.3, -0.25) is 4.90 Å². The number of benzene rings is 1.